The van der Waals surface area contributed by atoms with Crippen LogP contribution < -0.4 is 10.6 Å². The van der Waals surface area contributed by atoms with E-state index in [9.17, 15) is 30.8 Å². The monoisotopic (exact) mass is 576 g/mol. The predicted octanol–water partition coefficient (Wildman–Crippen LogP) is 4.93. The van der Waals surface area contributed by atoms with E-state index in [1.165, 1.54) is 50.2 Å². The summed E-state index contributed by atoms with van der Waals surface area (Å²) in [6.07, 6.45) is -4.18. The third-order valence-corrected chi connectivity index (χ3v) is 6.39. The third-order valence-electron chi connectivity index (χ3n) is 4.98. The zero-order chi connectivity index (χ0) is 26.4. The van der Waals surface area contributed by atoms with Gasteiger partial charge in [-0.3, -0.25) is 10.1 Å². The minimum absolute atomic E-state index is 0.113. The van der Waals surface area contributed by atoms with Crippen molar-refractivity contribution in [3.05, 3.63) is 54.1 Å². The molecule has 0 aliphatic carbocycles. The maximum atomic E-state index is 14.3. The van der Waals surface area contributed by atoms with Crippen LogP contribution in [0.5, 0.6) is 0 Å². The Labute approximate surface area is 210 Å². The maximum Gasteiger partial charge on any atom is 0.407 e. The lowest BCUT2D eigenvalue weighted by Gasteiger charge is -2.29. The Morgan fingerprint density at radius 1 is 1.00 bits per heavy atom. The molecule has 2 rings (SSSR count). The molecule has 0 fully saturated rings. The molecule has 1 amide bonds. The van der Waals surface area contributed by atoms with Crippen molar-refractivity contribution in [2.45, 2.75) is 49.1 Å². The number of rotatable bonds is 9. The second-order valence-electron chi connectivity index (χ2n) is 8.52. The Morgan fingerprint density at radius 3 is 1.94 bits per heavy atom. The van der Waals surface area contributed by atoms with Crippen LogP contribution in [-0.2, 0) is 14.6 Å². The smallest absolute Gasteiger partial charge is 0.344 e. The largest absolute Gasteiger partial charge is 0.407 e. The van der Waals surface area contributed by atoms with Gasteiger partial charge >= 0.3 is 6.18 Å². The topological polar surface area (TPSA) is 75.3 Å². The van der Waals surface area contributed by atoms with Crippen molar-refractivity contribution < 1.29 is 30.8 Å². The first-order valence-corrected chi connectivity index (χ1v) is 13.1. The molecular formula is C24H25BrF4N2O3S. The lowest BCUT2D eigenvalue weighted by atomic mass is 9.96. The van der Waals surface area contributed by atoms with Crippen LogP contribution in [0.2, 0.25) is 0 Å². The summed E-state index contributed by atoms with van der Waals surface area (Å²) < 4.78 is 79.5. The molecule has 0 bridgehead atoms. The van der Waals surface area contributed by atoms with Gasteiger partial charge in [0, 0.05) is 28.6 Å². The minimum Gasteiger partial charge on any atom is -0.344 e. The zero-order valence-corrected chi connectivity index (χ0v) is 21.6. The number of alkyl halides is 4. The molecule has 1 unspecified atom stereocenters. The van der Waals surface area contributed by atoms with Crippen molar-refractivity contribution in [3.63, 3.8) is 0 Å². The maximum absolute atomic E-state index is 14.3. The highest BCUT2D eigenvalue weighted by molar-refractivity contribution is 9.12. The van der Waals surface area contributed by atoms with Gasteiger partial charge in [0.05, 0.1) is 17.5 Å². The number of hydrogen-bond donors (Lipinski definition) is 2. The summed E-state index contributed by atoms with van der Waals surface area (Å²) in [6, 6.07) is 7.70. The van der Waals surface area contributed by atoms with Gasteiger partial charge in [-0.15, -0.1) is 0 Å². The van der Waals surface area contributed by atoms with Gasteiger partial charge in [0.15, 0.2) is 9.84 Å². The molecule has 2 aromatic carbocycles. The summed E-state index contributed by atoms with van der Waals surface area (Å²) in [7, 11) is -3.38. The molecule has 0 saturated heterocycles. The van der Waals surface area contributed by atoms with Crippen LogP contribution in [0.4, 0.5) is 17.6 Å². The molecule has 2 atom stereocenters. The number of halogens is 5. The van der Waals surface area contributed by atoms with Gasteiger partial charge in [0.25, 0.3) is 0 Å². The van der Waals surface area contributed by atoms with Gasteiger partial charge in [-0.25, -0.2) is 12.8 Å². The summed E-state index contributed by atoms with van der Waals surface area (Å²) in [5, 5.41) is 4.65. The minimum atomic E-state index is -4.77. The van der Waals surface area contributed by atoms with Crippen LogP contribution in [-0.4, -0.2) is 45.0 Å². The van der Waals surface area contributed by atoms with Crippen molar-refractivity contribution >= 4 is 31.7 Å². The number of carbonyl (C=O) groups excluding carboxylic acids is 1. The first-order chi connectivity index (χ1) is 16.1. The number of benzene rings is 2. The van der Waals surface area contributed by atoms with Gasteiger partial charge in [-0.2, -0.15) is 13.2 Å². The first kappa shape index (κ1) is 28.8. The Kier molecular flexibility index (Phi) is 9.50. The van der Waals surface area contributed by atoms with Crippen molar-refractivity contribution in [1.82, 2.24) is 10.6 Å². The molecule has 0 aliphatic rings. The van der Waals surface area contributed by atoms with Crippen molar-refractivity contribution in [3.8, 4) is 21.9 Å². The second-order valence-corrected chi connectivity index (χ2v) is 10.9. The van der Waals surface area contributed by atoms with E-state index in [-0.39, 0.29) is 17.0 Å². The number of sulfone groups is 1. The Morgan fingerprint density at radius 2 is 1.51 bits per heavy atom. The number of hydrogen-bond acceptors (Lipinski definition) is 4. The van der Waals surface area contributed by atoms with Crippen molar-refractivity contribution in [2.24, 2.45) is 0 Å². The SMILES string of the molecule is CC(C)(F)CC(N[C@@H](c1ccc(-c2ccc(S(C)(=O)=O)cc2)cc1)C(F)(F)F)C(=O)NCC#CBr. The van der Waals surface area contributed by atoms with Crippen LogP contribution in [0.25, 0.3) is 11.1 Å². The summed E-state index contributed by atoms with van der Waals surface area (Å²) in [5.74, 6) is 1.70. The lowest BCUT2D eigenvalue weighted by Crippen LogP contribution is -2.51. The average molecular weight is 577 g/mol. The van der Waals surface area contributed by atoms with Gasteiger partial charge in [0.1, 0.15) is 11.7 Å². The lowest BCUT2D eigenvalue weighted by molar-refractivity contribution is -0.161. The van der Waals surface area contributed by atoms with Gasteiger partial charge in [-0.1, -0.05) is 42.3 Å². The number of nitrogens with one attached hydrogen (secondary N) is 2. The Hall–Kier alpha value is -2.42. The fourth-order valence-corrected chi connectivity index (χ4v) is 4.11. The Balaban J connectivity index is 2.33. The fraction of sp³-hybridized carbons (Fsp3) is 0.375. The molecule has 0 spiro atoms. The Bertz CT molecular complexity index is 1180. The second kappa shape index (κ2) is 11.5. The van der Waals surface area contributed by atoms with Crippen molar-refractivity contribution in [2.75, 3.05) is 12.8 Å². The molecule has 0 radical (unpaired) electrons. The molecule has 190 valence electrons. The van der Waals surface area contributed by atoms with Gasteiger partial charge in [-0.05, 0) is 47.5 Å². The average Bonchev–Trinajstić information content (AvgIpc) is 2.75. The highest BCUT2D eigenvalue weighted by Gasteiger charge is 2.43. The molecule has 0 heterocycles. The molecular weight excluding hydrogens is 552 g/mol. The summed E-state index contributed by atoms with van der Waals surface area (Å²) in [6.45, 7) is 2.25. The molecule has 11 heteroatoms. The summed E-state index contributed by atoms with van der Waals surface area (Å²) in [5.41, 5.74) is -0.885. The predicted molar refractivity (Wildman–Crippen MR) is 130 cm³/mol. The molecule has 2 N–H and O–H groups in total. The third kappa shape index (κ3) is 8.94. The van der Waals surface area contributed by atoms with Crippen LogP contribution in [0.15, 0.2) is 53.4 Å². The van der Waals surface area contributed by atoms with E-state index < -0.39 is 46.1 Å². The molecule has 2 aromatic rings. The fourth-order valence-electron chi connectivity index (χ4n) is 3.34. The van der Waals surface area contributed by atoms with E-state index in [1.54, 1.807) is 12.1 Å². The number of amides is 1. The van der Waals surface area contributed by atoms with Gasteiger partial charge < -0.3 is 5.32 Å². The van der Waals surface area contributed by atoms with Crippen molar-refractivity contribution in [1.29, 1.82) is 0 Å². The van der Waals surface area contributed by atoms with E-state index >= 15 is 0 Å². The first-order valence-electron chi connectivity index (χ1n) is 10.4. The molecule has 35 heavy (non-hydrogen) atoms. The van der Waals surface area contributed by atoms with E-state index in [4.69, 9.17) is 0 Å². The molecule has 0 aliphatic heterocycles. The van der Waals surface area contributed by atoms with E-state index in [2.05, 4.69) is 37.3 Å². The van der Waals surface area contributed by atoms with E-state index in [0.29, 0.717) is 11.1 Å². The zero-order valence-electron chi connectivity index (χ0n) is 19.2. The molecule has 0 aromatic heterocycles. The molecule has 0 saturated carbocycles. The number of carbonyl (C=O) groups is 1. The van der Waals surface area contributed by atoms with Crippen LogP contribution >= 0.6 is 15.9 Å². The summed E-state index contributed by atoms with van der Waals surface area (Å²) >= 11 is 2.85. The quantitative estimate of drug-likeness (QED) is 0.328. The normalized spacial score (nSPS) is 13.9. The highest BCUT2D eigenvalue weighted by atomic mass is 79.9. The van der Waals surface area contributed by atoms with Crippen LogP contribution in [0.1, 0.15) is 31.9 Å². The van der Waals surface area contributed by atoms with Gasteiger partial charge in [0.2, 0.25) is 5.91 Å². The highest BCUT2D eigenvalue weighted by Crippen LogP contribution is 2.35. The standard InChI is InChI=1S/C24H25BrF4N2O3S/c1-23(2,26)15-20(22(32)30-14-4-13-25)31-21(24(27,28)29)18-7-5-16(6-8-18)17-9-11-19(12-10-17)35(3,33)34/h5-12,20-21,31H,14-15H2,1-3H3,(H,30,32)/t20?,21-/m0/s1. The van der Waals surface area contributed by atoms with Crippen LogP contribution in [0.3, 0.4) is 0 Å². The van der Waals surface area contributed by atoms with Crippen LogP contribution in [0, 0.1) is 10.8 Å². The molecule has 5 nitrogen and oxygen atoms in total. The van der Waals surface area contributed by atoms with E-state index in [1.807, 2.05) is 0 Å². The van der Waals surface area contributed by atoms with E-state index in [0.717, 1.165) is 6.26 Å². The summed E-state index contributed by atoms with van der Waals surface area (Å²) in [4.78, 5) is 15.0.